The smallest absolute Gasteiger partial charge is 0.242 e. The molecule has 4 heterocycles. The molecule has 3 aromatic heterocycles. The fourth-order valence-corrected chi connectivity index (χ4v) is 3.65. The average Bonchev–Trinajstić information content (AvgIpc) is 3.38. The lowest BCUT2D eigenvalue weighted by Crippen LogP contribution is -2.31. The molecule has 0 aliphatic carbocycles. The molecule has 0 saturated carbocycles. The Balaban J connectivity index is 1.40. The van der Waals surface area contributed by atoms with Crippen molar-refractivity contribution < 1.29 is 9.32 Å². The van der Waals surface area contributed by atoms with Crippen molar-refractivity contribution in [3.8, 4) is 11.3 Å². The second-order valence-corrected chi connectivity index (χ2v) is 7.03. The first-order chi connectivity index (χ1) is 13.1. The second-order valence-electron chi connectivity index (χ2n) is 7.03. The Hall–Kier alpha value is -3.03. The van der Waals surface area contributed by atoms with E-state index in [2.05, 4.69) is 20.1 Å². The van der Waals surface area contributed by atoms with Crippen LogP contribution in [0.4, 0.5) is 0 Å². The highest BCUT2D eigenvalue weighted by atomic mass is 16.5. The fourth-order valence-electron chi connectivity index (χ4n) is 3.65. The van der Waals surface area contributed by atoms with E-state index >= 15 is 0 Å². The molecule has 0 spiro atoms. The van der Waals surface area contributed by atoms with Gasteiger partial charge in [-0.2, -0.15) is 0 Å². The van der Waals surface area contributed by atoms with Crippen LogP contribution in [-0.4, -0.2) is 48.6 Å². The van der Waals surface area contributed by atoms with Gasteiger partial charge in [-0.3, -0.25) is 4.79 Å². The molecule has 0 bridgehead atoms. The monoisotopic (exact) mass is 366 g/mol. The summed E-state index contributed by atoms with van der Waals surface area (Å²) < 4.78 is 7.05. The number of hydrogen-bond acceptors (Lipinski definition) is 6. The van der Waals surface area contributed by atoms with Gasteiger partial charge >= 0.3 is 0 Å². The van der Waals surface area contributed by atoms with Crippen molar-refractivity contribution in [3.05, 3.63) is 48.3 Å². The van der Waals surface area contributed by atoms with Gasteiger partial charge in [0.15, 0.2) is 0 Å². The number of hydrogen-bond donors (Lipinski definition) is 0. The standard InChI is InChI=1S/C19H22N6O2/c1-13-19(14(2)27-23-13)17-8-16(21-11-22-17)7-15-3-5-25(9-15)18(26)10-24-6-4-20-12-24/h4,6,8,11-12,15H,3,5,7,9-10H2,1-2H3/t15-/m0/s1. The number of rotatable bonds is 5. The van der Waals surface area contributed by atoms with Gasteiger partial charge in [-0.15, -0.1) is 0 Å². The van der Waals surface area contributed by atoms with Crippen LogP contribution in [0.2, 0.25) is 0 Å². The molecular formula is C19H22N6O2. The lowest BCUT2D eigenvalue weighted by Gasteiger charge is -2.16. The Morgan fingerprint density at radius 3 is 2.96 bits per heavy atom. The predicted octanol–water partition coefficient (Wildman–Crippen LogP) is 2.04. The maximum Gasteiger partial charge on any atom is 0.242 e. The molecule has 0 unspecified atom stereocenters. The number of carbonyl (C=O) groups excluding carboxylic acids is 1. The highest BCUT2D eigenvalue weighted by Gasteiger charge is 2.27. The summed E-state index contributed by atoms with van der Waals surface area (Å²) in [5.41, 5.74) is 3.58. The van der Waals surface area contributed by atoms with Crippen LogP contribution in [-0.2, 0) is 17.8 Å². The van der Waals surface area contributed by atoms with Crippen molar-refractivity contribution in [2.24, 2.45) is 5.92 Å². The molecule has 0 N–H and O–H groups in total. The summed E-state index contributed by atoms with van der Waals surface area (Å²) in [4.78, 5) is 27.1. The zero-order chi connectivity index (χ0) is 18.8. The van der Waals surface area contributed by atoms with Gasteiger partial charge in [0.2, 0.25) is 5.91 Å². The summed E-state index contributed by atoms with van der Waals surface area (Å²) in [5, 5.41) is 4.00. The summed E-state index contributed by atoms with van der Waals surface area (Å²) in [6.07, 6.45) is 8.57. The van der Waals surface area contributed by atoms with Crippen molar-refractivity contribution in [3.63, 3.8) is 0 Å². The number of carbonyl (C=O) groups is 1. The van der Waals surface area contributed by atoms with Crippen molar-refractivity contribution in [2.75, 3.05) is 13.1 Å². The Morgan fingerprint density at radius 1 is 1.33 bits per heavy atom. The zero-order valence-corrected chi connectivity index (χ0v) is 15.5. The van der Waals surface area contributed by atoms with Crippen LogP contribution in [0.3, 0.4) is 0 Å². The first-order valence-electron chi connectivity index (χ1n) is 9.08. The van der Waals surface area contributed by atoms with E-state index in [9.17, 15) is 4.79 Å². The summed E-state index contributed by atoms with van der Waals surface area (Å²) in [6.45, 7) is 5.70. The maximum absolute atomic E-state index is 12.4. The molecule has 1 fully saturated rings. The van der Waals surface area contributed by atoms with E-state index in [4.69, 9.17) is 4.52 Å². The number of likely N-dealkylation sites (tertiary alicyclic amines) is 1. The topological polar surface area (TPSA) is 89.9 Å². The van der Waals surface area contributed by atoms with Gasteiger partial charge in [-0.05, 0) is 38.7 Å². The Bertz CT molecular complexity index is 914. The molecule has 0 radical (unpaired) electrons. The molecule has 1 saturated heterocycles. The van der Waals surface area contributed by atoms with Crippen LogP contribution < -0.4 is 0 Å². The lowest BCUT2D eigenvalue weighted by atomic mass is 10.0. The molecular weight excluding hydrogens is 344 g/mol. The van der Waals surface area contributed by atoms with Gasteiger partial charge in [0.1, 0.15) is 18.6 Å². The molecule has 0 aromatic carbocycles. The third kappa shape index (κ3) is 3.74. The lowest BCUT2D eigenvalue weighted by molar-refractivity contribution is -0.130. The first kappa shape index (κ1) is 17.4. The number of aromatic nitrogens is 5. The Morgan fingerprint density at radius 2 is 2.22 bits per heavy atom. The Kier molecular flexibility index (Phi) is 4.70. The summed E-state index contributed by atoms with van der Waals surface area (Å²) in [6, 6.07) is 2.00. The summed E-state index contributed by atoms with van der Waals surface area (Å²) in [7, 11) is 0. The van der Waals surface area contributed by atoms with Crippen LogP contribution in [0.1, 0.15) is 23.6 Å². The third-order valence-corrected chi connectivity index (χ3v) is 5.03. The van der Waals surface area contributed by atoms with E-state index in [0.29, 0.717) is 12.5 Å². The average molecular weight is 366 g/mol. The molecule has 8 heteroatoms. The van der Waals surface area contributed by atoms with Gasteiger partial charge in [0.25, 0.3) is 0 Å². The van der Waals surface area contributed by atoms with Crippen LogP contribution in [0.15, 0.2) is 35.6 Å². The van der Waals surface area contributed by atoms with E-state index in [1.54, 1.807) is 23.4 Å². The molecule has 1 amide bonds. The van der Waals surface area contributed by atoms with Crippen LogP contribution in [0.5, 0.6) is 0 Å². The van der Waals surface area contributed by atoms with Gasteiger partial charge in [-0.25, -0.2) is 15.0 Å². The number of aryl methyl sites for hydroxylation is 2. The molecule has 140 valence electrons. The summed E-state index contributed by atoms with van der Waals surface area (Å²) >= 11 is 0. The van der Waals surface area contributed by atoms with E-state index in [1.807, 2.05) is 31.0 Å². The zero-order valence-electron chi connectivity index (χ0n) is 15.5. The van der Waals surface area contributed by atoms with Gasteiger partial charge < -0.3 is 14.0 Å². The van der Waals surface area contributed by atoms with Gasteiger partial charge in [0.05, 0.1) is 23.3 Å². The van der Waals surface area contributed by atoms with Crippen molar-refractivity contribution >= 4 is 5.91 Å². The van der Waals surface area contributed by atoms with E-state index in [-0.39, 0.29) is 5.91 Å². The minimum absolute atomic E-state index is 0.134. The van der Waals surface area contributed by atoms with E-state index in [0.717, 1.165) is 54.3 Å². The molecule has 4 rings (SSSR count). The molecule has 1 aliphatic rings. The van der Waals surface area contributed by atoms with E-state index < -0.39 is 0 Å². The minimum Gasteiger partial charge on any atom is -0.361 e. The normalized spacial score (nSPS) is 16.8. The van der Waals surface area contributed by atoms with Crippen molar-refractivity contribution in [2.45, 2.75) is 33.2 Å². The predicted molar refractivity (Wildman–Crippen MR) is 97.6 cm³/mol. The highest BCUT2D eigenvalue weighted by Crippen LogP contribution is 2.26. The van der Waals surface area contributed by atoms with Gasteiger partial charge in [-0.1, -0.05) is 5.16 Å². The summed E-state index contributed by atoms with van der Waals surface area (Å²) in [5.74, 6) is 1.30. The van der Waals surface area contributed by atoms with Crippen molar-refractivity contribution in [1.29, 1.82) is 0 Å². The number of nitrogens with zero attached hydrogens (tertiary/aromatic N) is 6. The second kappa shape index (κ2) is 7.30. The molecule has 27 heavy (non-hydrogen) atoms. The molecule has 1 atom stereocenters. The maximum atomic E-state index is 12.4. The van der Waals surface area contributed by atoms with E-state index in [1.165, 1.54) is 0 Å². The Labute approximate surface area is 157 Å². The number of imidazole rings is 1. The highest BCUT2D eigenvalue weighted by molar-refractivity contribution is 5.76. The fraction of sp³-hybridized carbons (Fsp3) is 0.421. The largest absolute Gasteiger partial charge is 0.361 e. The molecule has 1 aliphatic heterocycles. The van der Waals surface area contributed by atoms with Crippen molar-refractivity contribution in [1.82, 2.24) is 29.6 Å². The van der Waals surface area contributed by atoms with Gasteiger partial charge in [0, 0.05) is 31.2 Å². The first-order valence-corrected chi connectivity index (χ1v) is 9.08. The third-order valence-electron chi connectivity index (χ3n) is 5.03. The quantitative estimate of drug-likeness (QED) is 0.686. The van der Waals surface area contributed by atoms with Crippen LogP contribution in [0.25, 0.3) is 11.3 Å². The van der Waals surface area contributed by atoms with Crippen LogP contribution >= 0.6 is 0 Å². The SMILES string of the molecule is Cc1noc(C)c1-c1cc(C[C@@H]2CCN(C(=O)Cn3ccnc3)C2)ncn1. The molecule has 8 nitrogen and oxygen atoms in total. The van der Waals surface area contributed by atoms with Crippen LogP contribution in [0, 0.1) is 19.8 Å². The number of amides is 1. The minimum atomic E-state index is 0.134. The molecule has 3 aromatic rings.